The molecule has 0 amide bonds. The molecule has 1 saturated carbocycles. The minimum atomic E-state index is -3.37. The molecule has 2 heterocycles. The molecule has 0 aromatic carbocycles. The normalized spacial score (nSPS) is 34.6. The van der Waals surface area contributed by atoms with Crippen molar-refractivity contribution < 1.29 is 22.1 Å². The van der Waals surface area contributed by atoms with Crippen molar-refractivity contribution in [1.29, 1.82) is 0 Å². The Hall–Kier alpha value is -0.210. The van der Waals surface area contributed by atoms with Crippen LogP contribution in [-0.4, -0.2) is 64.3 Å². The van der Waals surface area contributed by atoms with Gasteiger partial charge in [0.1, 0.15) is 0 Å². The molecule has 7 heteroatoms. The van der Waals surface area contributed by atoms with Crippen LogP contribution in [0.2, 0.25) is 0 Å². The molecule has 0 bridgehead atoms. The van der Waals surface area contributed by atoms with Gasteiger partial charge in [0.25, 0.3) is 10.1 Å². The summed E-state index contributed by atoms with van der Waals surface area (Å²) >= 11 is 0. The van der Waals surface area contributed by atoms with E-state index in [1.807, 2.05) is 0 Å². The molecule has 2 aliphatic heterocycles. The largest absolute Gasteiger partial charge is 0.348 e. The minimum Gasteiger partial charge on any atom is -0.348 e. The number of piperidine rings is 1. The average Bonchev–Trinajstić information content (AvgIpc) is 2.92. The Morgan fingerprint density at radius 1 is 1.30 bits per heavy atom. The number of rotatable bonds is 5. The van der Waals surface area contributed by atoms with E-state index in [4.69, 9.17) is 13.7 Å². The van der Waals surface area contributed by atoms with Gasteiger partial charge in [-0.3, -0.25) is 9.08 Å². The van der Waals surface area contributed by atoms with Gasteiger partial charge in [-0.05, 0) is 37.6 Å². The van der Waals surface area contributed by atoms with E-state index >= 15 is 0 Å². The Labute approximate surface area is 139 Å². The highest BCUT2D eigenvalue weighted by Crippen LogP contribution is 2.45. The van der Waals surface area contributed by atoms with Gasteiger partial charge in [-0.15, -0.1) is 0 Å². The molecule has 3 rings (SSSR count). The third-order valence-electron chi connectivity index (χ3n) is 5.38. The van der Waals surface area contributed by atoms with Crippen LogP contribution in [0.25, 0.3) is 0 Å². The monoisotopic (exact) mass is 347 g/mol. The maximum Gasteiger partial charge on any atom is 0.264 e. The van der Waals surface area contributed by atoms with Gasteiger partial charge in [0.15, 0.2) is 5.79 Å². The zero-order valence-corrected chi connectivity index (χ0v) is 15.0. The van der Waals surface area contributed by atoms with Gasteiger partial charge >= 0.3 is 0 Å². The lowest BCUT2D eigenvalue weighted by Gasteiger charge is -2.50. The summed E-state index contributed by atoms with van der Waals surface area (Å²) in [5, 5.41) is 0. The quantitative estimate of drug-likeness (QED) is 0.704. The molecule has 0 aromatic rings. The van der Waals surface area contributed by atoms with Crippen molar-refractivity contribution in [3.8, 4) is 0 Å². The summed E-state index contributed by atoms with van der Waals surface area (Å²) in [5.41, 5.74) is 0. The molecule has 0 unspecified atom stereocenters. The van der Waals surface area contributed by atoms with Gasteiger partial charge in [0, 0.05) is 25.4 Å². The van der Waals surface area contributed by atoms with Crippen LogP contribution in [0, 0.1) is 11.8 Å². The van der Waals surface area contributed by atoms with Gasteiger partial charge in [-0.2, -0.15) is 8.42 Å². The fourth-order valence-corrected chi connectivity index (χ4v) is 5.02. The molecule has 2 saturated heterocycles. The maximum atomic E-state index is 11.3. The van der Waals surface area contributed by atoms with Gasteiger partial charge in [0.05, 0.1) is 26.1 Å². The minimum absolute atomic E-state index is 0.258. The van der Waals surface area contributed by atoms with Crippen LogP contribution in [0.1, 0.15) is 39.0 Å². The van der Waals surface area contributed by atoms with Crippen LogP contribution in [0.15, 0.2) is 0 Å². The summed E-state index contributed by atoms with van der Waals surface area (Å²) in [6.07, 6.45) is 6.23. The van der Waals surface area contributed by atoms with Crippen molar-refractivity contribution >= 4 is 10.1 Å². The van der Waals surface area contributed by atoms with E-state index in [-0.39, 0.29) is 18.3 Å². The predicted octanol–water partition coefficient (Wildman–Crippen LogP) is 1.61. The number of ether oxygens (including phenoxy) is 2. The van der Waals surface area contributed by atoms with Crippen molar-refractivity contribution in [2.75, 3.05) is 39.2 Å². The van der Waals surface area contributed by atoms with Gasteiger partial charge in [-0.25, -0.2) is 0 Å². The number of hydrogen-bond acceptors (Lipinski definition) is 6. The Morgan fingerprint density at radius 3 is 2.70 bits per heavy atom. The Bertz CT molecular complexity index is 503. The molecule has 23 heavy (non-hydrogen) atoms. The fraction of sp³-hybridized carbons (Fsp3) is 1.00. The van der Waals surface area contributed by atoms with Crippen LogP contribution in [0.5, 0.6) is 0 Å². The van der Waals surface area contributed by atoms with E-state index in [2.05, 4.69) is 11.8 Å². The second-order valence-electron chi connectivity index (χ2n) is 7.26. The van der Waals surface area contributed by atoms with Crippen LogP contribution in [-0.2, 0) is 23.8 Å². The second kappa shape index (κ2) is 6.96. The lowest BCUT2D eigenvalue weighted by molar-refractivity contribution is -0.203. The Morgan fingerprint density at radius 2 is 2.04 bits per heavy atom. The van der Waals surface area contributed by atoms with Crippen molar-refractivity contribution in [2.45, 2.75) is 50.9 Å². The first-order chi connectivity index (χ1) is 10.9. The average molecular weight is 347 g/mol. The smallest absolute Gasteiger partial charge is 0.264 e. The lowest BCUT2D eigenvalue weighted by atomic mass is 9.72. The SMILES string of the molecule is CCCN1C[C@H](COS(C)(=O)=O)C[C@H]2CC3(CC[C@@H]21)OCCO3. The van der Waals surface area contributed by atoms with E-state index in [9.17, 15) is 8.42 Å². The molecule has 134 valence electrons. The highest BCUT2D eigenvalue weighted by molar-refractivity contribution is 7.85. The molecular weight excluding hydrogens is 318 g/mol. The summed E-state index contributed by atoms with van der Waals surface area (Å²) in [6, 6.07) is 0.572. The summed E-state index contributed by atoms with van der Waals surface area (Å²) in [4.78, 5) is 2.53. The predicted molar refractivity (Wildman–Crippen MR) is 86.5 cm³/mol. The lowest BCUT2D eigenvalue weighted by Crippen LogP contribution is -2.55. The molecule has 3 fully saturated rings. The standard InChI is InChI=1S/C16H29NO5S/c1-3-6-17-11-13(12-22-23(2,18)19)9-14-10-16(5-4-15(14)17)20-7-8-21-16/h13-15H,3-12H2,1-2H3/t13-,14+,15+/m1/s1. The van der Waals surface area contributed by atoms with Crippen LogP contribution in [0.3, 0.4) is 0 Å². The molecule has 3 atom stereocenters. The molecule has 1 aliphatic carbocycles. The maximum absolute atomic E-state index is 11.3. The van der Waals surface area contributed by atoms with E-state index in [1.165, 1.54) is 0 Å². The van der Waals surface area contributed by atoms with Crippen molar-refractivity contribution in [1.82, 2.24) is 4.90 Å². The highest BCUT2D eigenvalue weighted by atomic mass is 32.2. The number of nitrogens with zero attached hydrogens (tertiary/aromatic N) is 1. The summed E-state index contributed by atoms with van der Waals surface area (Å²) in [7, 11) is -3.37. The first-order valence-corrected chi connectivity index (χ1v) is 10.6. The topological polar surface area (TPSA) is 65.1 Å². The Kier molecular flexibility index (Phi) is 5.33. The van der Waals surface area contributed by atoms with Crippen molar-refractivity contribution in [2.24, 2.45) is 11.8 Å². The van der Waals surface area contributed by atoms with E-state index in [0.29, 0.717) is 25.2 Å². The summed E-state index contributed by atoms with van der Waals surface area (Å²) in [6.45, 7) is 5.86. The third-order valence-corrected chi connectivity index (χ3v) is 5.94. The van der Waals surface area contributed by atoms with Gasteiger partial charge in [-0.1, -0.05) is 6.92 Å². The zero-order valence-electron chi connectivity index (χ0n) is 14.2. The van der Waals surface area contributed by atoms with Gasteiger partial charge in [0.2, 0.25) is 0 Å². The van der Waals surface area contributed by atoms with E-state index in [0.717, 1.165) is 51.4 Å². The molecule has 6 nitrogen and oxygen atoms in total. The van der Waals surface area contributed by atoms with Gasteiger partial charge < -0.3 is 9.47 Å². The summed E-state index contributed by atoms with van der Waals surface area (Å²) in [5.74, 6) is 0.378. The molecule has 1 spiro atoms. The van der Waals surface area contributed by atoms with Crippen LogP contribution < -0.4 is 0 Å². The zero-order chi connectivity index (χ0) is 16.5. The number of likely N-dealkylation sites (tertiary alicyclic amines) is 1. The molecule has 0 radical (unpaired) electrons. The fourth-order valence-electron chi connectivity index (χ4n) is 4.58. The molecule has 0 N–H and O–H groups in total. The first kappa shape index (κ1) is 17.6. The van der Waals surface area contributed by atoms with Crippen LogP contribution >= 0.6 is 0 Å². The molecule has 0 aromatic heterocycles. The first-order valence-electron chi connectivity index (χ1n) is 8.77. The highest BCUT2D eigenvalue weighted by Gasteiger charge is 2.48. The van der Waals surface area contributed by atoms with Crippen molar-refractivity contribution in [3.05, 3.63) is 0 Å². The molecule has 3 aliphatic rings. The van der Waals surface area contributed by atoms with E-state index in [1.54, 1.807) is 0 Å². The van der Waals surface area contributed by atoms with Crippen molar-refractivity contribution in [3.63, 3.8) is 0 Å². The second-order valence-corrected chi connectivity index (χ2v) is 8.91. The number of fused-ring (bicyclic) bond motifs is 1. The summed E-state index contributed by atoms with van der Waals surface area (Å²) < 4.78 is 39.5. The third kappa shape index (κ3) is 4.25. The Balaban J connectivity index is 1.67. The number of hydrogen-bond donors (Lipinski definition) is 0. The molecular formula is C16H29NO5S. The van der Waals surface area contributed by atoms with Crippen LogP contribution in [0.4, 0.5) is 0 Å². The van der Waals surface area contributed by atoms with E-state index < -0.39 is 10.1 Å².